The summed E-state index contributed by atoms with van der Waals surface area (Å²) >= 11 is 2.40. The van der Waals surface area contributed by atoms with Gasteiger partial charge in [-0.25, -0.2) is 18.7 Å². The van der Waals surface area contributed by atoms with Gasteiger partial charge < -0.3 is 26.7 Å². The van der Waals surface area contributed by atoms with Gasteiger partial charge in [0, 0.05) is 22.8 Å². The number of aliphatic carboxylic acids is 1. The van der Waals surface area contributed by atoms with Crippen LogP contribution in [-0.2, 0) is 30.6 Å². The molecule has 196 valence electrons. The number of hydrogen-bond donors (Lipinski definition) is 4. The third-order valence-corrected chi connectivity index (χ3v) is 7.82. The summed E-state index contributed by atoms with van der Waals surface area (Å²) in [4.78, 5) is 59.4. The number of pyridine rings is 1. The number of thioether (sulfide) groups is 1. The maximum absolute atomic E-state index is 13.1. The second-order valence-corrected chi connectivity index (χ2v) is 10.3. The molecule has 3 aromatic rings. The van der Waals surface area contributed by atoms with Crippen molar-refractivity contribution < 1.29 is 33.7 Å². The molecule has 2 aliphatic rings. The predicted octanol–water partition coefficient (Wildman–Crippen LogP) is -1.09. The van der Waals surface area contributed by atoms with E-state index in [0.717, 1.165) is 17.0 Å². The first-order valence-electron chi connectivity index (χ1n) is 11.1. The lowest BCUT2D eigenvalue weighted by molar-refractivity contribution is -0.662. The third-order valence-electron chi connectivity index (χ3n) is 5.81. The van der Waals surface area contributed by atoms with Gasteiger partial charge in [0.1, 0.15) is 41.7 Å². The highest BCUT2D eigenvalue weighted by molar-refractivity contribution is 8.00. The van der Waals surface area contributed by atoms with Crippen LogP contribution in [0.25, 0.3) is 5.65 Å². The molecule has 5 heterocycles. The molecule has 0 unspecified atom stereocenters. The van der Waals surface area contributed by atoms with E-state index in [4.69, 9.17) is 16.3 Å². The number of primary amides is 1. The quantitative estimate of drug-likeness (QED) is 0.109. The lowest BCUT2D eigenvalue weighted by Gasteiger charge is -2.49. The highest BCUT2D eigenvalue weighted by Crippen LogP contribution is 2.40. The molecule has 0 aromatic carbocycles. The molecule has 0 bridgehead atoms. The number of β-lactam (4-membered cyclic amide) rings is 1. The minimum absolute atomic E-state index is 0.0830. The number of imidazole rings is 1. The Balaban J connectivity index is 1.36. The summed E-state index contributed by atoms with van der Waals surface area (Å²) < 4.78 is 3.80. The summed E-state index contributed by atoms with van der Waals surface area (Å²) in [6.07, 6.45) is 5.58. The molecule has 14 nitrogen and oxygen atoms in total. The van der Waals surface area contributed by atoms with Gasteiger partial charge in [-0.05, 0) is 6.07 Å². The first kappa shape index (κ1) is 25.2. The Kier molecular flexibility index (Phi) is 6.73. The molecule has 16 heteroatoms. The summed E-state index contributed by atoms with van der Waals surface area (Å²) in [7, 11) is 0. The number of amides is 3. The van der Waals surface area contributed by atoms with Crippen LogP contribution in [0.4, 0.5) is 5.13 Å². The monoisotopic (exact) mass is 557 g/mol. The van der Waals surface area contributed by atoms with E-state index in [9.17, 15) is 24.3 Å². The predicted molar refractivity (Wildman–Crippen MR) is 135 cm³/mol. The fraction of sp³-hybridized carbons (Fsp3) is 0.227. The highest BCUT2D eigenvalue weighted by atomic mass is 32.2. The maximum atomic E-state index is 13.1. The molecule has 6 N–H and O–H groups in total. The molecule has 0 aliphatic carbocycles. The van der Waals surface area contributed by atoms with Crippen LogP contribution in [0.2, 0.25) is 0 Å². The number of aromatic nitrogens is 3. The number of hydrogen-bond acceptors (Lipinski definition) is 10. The van der Waals surface area contributed by atoms with Gasteiger partial charge in [0.05, 0.1) is 6.20 Å². The second kappa shape index (κ2) is 10.1. The summed E-state index contributed by atoms with van der Waals surface area (Å²) in [5.74, 6) is -3.07. The van der Waals surface area contributed by atoms with Gasteiger partial charge in [-0.1, -0.05) is 11.2 Å². The summed E-state index contributed by atoms with van der Waals surface area (Å²) in [5, 5.41) is 17.2. The standard InChI is InChI=1S/C22H20N8O6S2/c23-13(31)8-36-27-15(12-10-38-22(24)25-12)18(32)26-16-19(33)30-17(21(34)35)11(9-37-20(16)30)7-29-6-5-28-4-2-1-3-14(28)29/h1-6,10,16,20H,7-9H2,(H5-,23,24,25,26,31,32,34,35)/p+1/t16-,20+/m1/s1. The molecule has 3 amide bonds. The van der Waals surface area contributed by atoms with Crippen molar-refractivity contribution in [3.8, 4) is 0 Å². The molecule has 0 spiro atoms. The van der Waals surface area contributed by atoms with Crippen molar-refractivity contribution in [2.24, 2.45) is 10.9 Å². The van der Waals surface area contributed by atoms with Gasteiger partial charge in [0.2, 0.25) is 0 Å². The Morgan fingerprint density at radius 2 is 2.13 bits per heavy atom. The SMILES string of the molecule is NC(=O)CON=C(C(=O)N[C@@H]1C(=O)N2C(C(=O)O)=C(C[n+]3ccn4ccccc43)CS[C@@H]12)c1csc(N)n1. The first-order chi connectivity index (χ1) is 18.2. The van der Waals surface area contributed by atoms with Crippen LogP contribution in [0.3, 0.4) is 0 Å². The first-order valence-corrected chi connectivity index (χ1v) is 13.0. The van der Waals surface area contributed by atoms with Crippen molar-refractivity contribution in [2.75, 3.05) is 18.1 Å². The fourth-order valence-corrected chi connectivity index (χ4v) is 6.04. The van der Waals surface area contributed by atoms with E-state index in [-0.39, 0.29) is 28.8 Å². The summed E-state index contributed by atoms with van der Waals surface area (Å²) in [5.41, 5.74) is 11.8. The number of nitrogens with two attached hydrogens (primary N) is 2. The lowest BCUT2D eigenvalue weighted by atomic mass is 10.0. The Morgan fingerprint density at radius 3 is 2.84 bits per heavy atom. The summed E-state index contributed by atoms with van der Waals surface area (Å²) in [6.45, 7) is -0.294. The van der Waals surface area contributed by atoms with Gasteiger partial charge >= 0.3 is 5.97 Å². The molecular formula is C22H21N8O6S2+. The number of carbonyl (C=O) groups excluding carboxylic acids is 3. The van der Waals surface area contributed by atoms with E-state index >= 15 is 0 Å². The minimum Gasteiger partial charge on any atom is -0.477 e. The Hall–Kier alpha value is -4.44. The topological polar surface area (TPSA) is 199 Å². The van der Waals surface area contributed by atoms with Gasteiger partial charge in [-0.2, -0.15) is 0 Å². The molecule has 3 aromatic heterocycles. The molecule has 1 fully saturated rings. The van der Waals surface area contributed by atoms with Crippen molar-refractivity contribution in [1.82, 2.24) is 19.6 Å². The molecule has 0 saturated carbocycles. The number of carboxylic acids is 1. The van der Waals surface area contributed by atoms with Crippen molar-refractivity contribution in [3.05, 3.63) is 59.1 Å². The largest absolute Gasteiger partial charge is 0.477 e. The minimum atomic E-state index is -1.23. The van der Waals surface area contributed by atoms with E-state index in [2.05, 4.69) is 15.5 Å². The van der Waals surface area contributed by atoms with Crippen LogP contribution >= 0.6 is 23.1 Å². The molecule has 2 aliphatic heterocycles. The number of anilines is 1. The van der Waals surface area contributed by atoms with Gasteiger partial charge in [-0.15, -0.1) is 23.1 Å². The van der Waals surface area contributed by atoms with Crippen LogP contribution in [0, 0.1) is 0 Å². The number of carbonyl (C=O) groups is 4. The van der Waals surface area contributed by atoms with Crippen molar-refractivity contribution in [1.29, 1.82) is 0 Å². The average molecular weight is 558 g/mol. The van der Waals surface area contributed by atoms with E-state index < -0.39 is 41.7 Å². The number of thiazole rings is 1. The number of fused-ring (bicyclic) bond motifs is 2. The van der Waals surface area contributed by atoms with Crippen molar-refractivity contribution in [3.63, 3.8) is 0 Å². The molecular weight excluding hydrogens is 536 g/mol. The number of oxime groups is 1. The van der Waals surface area contributed by atoms with E-state index in [1.165, 1.54) is 22.0 Å². The van der Waals surface area contributed by atoms with Crippen molar-refractivity contribution >= 4 is 63.3 Å². The molecule has 38 heavy (non-hydrogen) atoms. The Bertz CT molecular complexity index is 1530. The Morgan fingerprint density at radius 1 is 1.32 bits per heavy atom. The normalized spacial score (nSPS) is 19.2. The molecule has 2 atom stereocenters. The smallest absolute Gasteiger partial charge is 0.352 e. The van der Waals surface area contributed by atoms with Gasteiger partial charge in [0.25, 0.3) is 23.4 Å². The number of carboxylic acid groups (broad SMARTS) is 1. The van der Waals surface area contributed by atoms with Crippen molar-refractivity contribution in [2.45, 2.75) is 18.0 Å². The van der Waals surface area contributed by atoms with Crippen LogP contribution in [0.15, 0.2) is 58.6 Å². The highest BCUT2D eigenvalue weighted by Gasteiger charge is 2.54. The number of nitrogens with one attached hydrogen (secondary N) is 1. The van der Waals surface area contributed by atoms with Crippen LogP contribution in [0.1, 0.15) is 5.69 Å². The Labute approximate surface area is 222 Å². The number of nitrogens with zero attached hydrogens (tertiary/aromatic N) is 5. The second-order valence-electron chi connectivity index (χ2n) is 8.26. The number of rotatable bonds is 9. The summed E-state index contributed by atoms with van der Waals surface area (Å²) in [6, 6.07) is 4.66. The maximum Gasteiger partial charge on any atom is 0.352 e. The number of nitrogen functional groups attached to an aromatic ring is 1. The zero-order valence-electron chi connectivity index (χ0n) is 19.5. The van der Waals surface area contributed by atoms with Crippen LogP contribution < -0.4 is 21.4 Å². The van der Waals surface area contributed by atoms with E-state index in [1.54, 1.807) is 0 Å². The van der Waals surface area contributed by atoms with E-state index in [0.29, 0.717) is 11.3 Å². The average Bonchev–Trinajstić information content (AvgIpc) is 3.50. The van der Waals surface area contributed by atoms with Gasteiger partial charge in [-0.3, -0.25) is 19.3 Å². The zero-order valence-corrected chi connectivity index (χ0v) is 21.1. The van der Waals surface area contributed by atoms with Gasteiger partial charge in [0.15, 0.2) is 17.5 Å². The fourth-order valence-electron chi connectivity index (χ4n) is 4.16. The molecule has 1 saturated heterocycles. The van der Waals surface area contributed by atoms with E-state index in [1.807, 2.05) is 45.8 Å². The molecule has 0 radical (unpaired) electrons. The zero-order chi connectivity index (χ0) is 27.0. The third kappa shape index (κ3) is 4.66. The van der Waals surface area contributed by atoms with Crippen LogP contribution in [0.5, 0.6) is 0 Å². The molecule has 5 rings (SSSR count). The lowest BCUT2D eigenvalue weighted by Crippen LogP contribution is -2.71. The van der Waals surface area contributed by atoms with Crippen LogP contribution in [-0.4, -0.2) is 72.6 Å².